The van der Waals surface area contributed by atoms with Crippen molar-refractivity contribution in [1.29, 1.82) is 0 Å². The van der Waals surface area contributed by atoms with Gasteiger partial charge in [-0.2, -0.15) is 35.5 Å². The summed E-state index contributed by atoms with van der Waals surface area (Å²) in [7, 11) is -12.2. The smallest absolute Gasteiger partial charge is 0.485 e. The van der Waals surface area contributed by atoms with Crippen LogP contribution in [0.5, 0.6) is 0 Å². The Morgan fingerprint density at radius 1 is 0.532 bits per heavy atom. The molecule has 0 atom stereocenters. The number of nitrogens with zero attached hydrogens (tertiary/aromatic N) is 2. The van der Waals surface area contributed by atoms with Crippen LogP contribution in [-0.4, -0.2) is 46.9 Å². The van der Waals surface area contributed by atoms with Gasteiger partial charge in [0.15, 0.2) is 33.3 Å². The molecule has 0 saturated heterocycles. The van der Waals surface area contributed by atoms with E-state index in [0.717, 1.165) is 25.9 Å². The predicted octanol–water partition coefficient (Wildman–Crippen LogP) is 8.73. The van der Waals surface area contributed by atoms with Gasteiger partial charge in [0, 0.05) is 93.6 Å². The van der Waals surface area contributed by atoms with E-state index in [9.17, 15) is 26.3 Å². The molecule has 0 unspecified atom stereocenters. The standard InChI is InChI=1S/C42H34N4.2CHF3O3S/c1-27-33(35-11-3-5-13-37(35)43-27)21-19-31-9-7-15-39-41-29(23-25-45(31)39)17-18-30-24-26-46-32(10-8-16-40(46)42(30)41)20-22-34-28(2)44-38-14-6-4-12-36(34)38;2*2-1(3,4)8(5,6)7/h3-22H,23-26H2,1-2H3;2*(H,5,6,7). The summed E-state index contributed by atoms with van der Waals surface area (Å²) in [5.74, 6) is 0. The second-order valence-electron chi connectivity index (χ2n) is 14.5. The van der Waals surface area contributed by atoms with Gasteiger partial charge in [0.2, 0.25) is 22.8 Å². The van der Waals surface area contributed by atoms with Crippen LogP contribution in [-0.2, 0) is 46.2 Å². The van der Waals surface area contributed by atoms with E-state index in [4.69, 9.17) is 25.9 Å². The first-order valence-electron chi connectivity index (χ1n) is 18.9. The fraction of sp³-hybridized carbons (Fsp3) is 0.182. The summed E-state index contributed by atoms with van der Waals surface area (Å²) >= 11 is 0. The monoisotopic (exact) mass is 894 g/mol. The van der Waals surface area contributed by atoms with Crippen LogP contribution in [0.3, 0.4) is 0 Å². The normalized spacial score (nSPS) is 13.8. The molecular formula is C44H36F6N4O6S2. The Kier molecular flexibility index (Phi) is 11.8. The molecule has 10 nitrogen and oxygen atoms in total. The van der Waals surface area contributed by atoms with Crippen LogP contribution >= 0.6 is 0 Å². The number of H-pyrrole nitrogens is 2. The first-order valence-corrected chi connectivity index (χ1v) is 21.7. The molecule has 62 heavy (non-hydrogen) atoms. The van der Waals surface area contributed by atoms with Crippen LogP contribution < -0.4 is 9.13 Å². The first kappa shape index (κ1) is 44.0. The number of benzene rings is 3. The van der Waals surface area contributed by atoms with Crippen molar-refractivity contribution in [2.45, 2.75) is 50.8 Å². The molecule has 0 spiro atoms. The Balaban J connectivity index is 0.000000309. The summed E-state index contributed by atoms with van der Waals surface area (Å²) in [5, 5.41) is 2.53. The highest BCUT2D eigenvalue weighted by Crippen LogP contribution is 2.40. The number of rotatable bonds is 4. The molecule has 3 aromatic carbocycles. The highest BCUT2D eigenvalue weighted by molar-refractivity contribution is 7.86. The molecule has 0 amide bonds. The van der Waals surface area contributed by atoms with Gasteiger partial charge in [-0.3, -0.25) is 0 Å². The number of pyridine rings is 2. The number of hydrogen-bond donors (Lipinski definition) is 2. The van der Waals surface area contributed by atoms with E-state index < -0.39 is 31.3 Å². The number of alkyl halides is 6. The van der Waals surface area contributed by atoms with Crippen molar-refractivity contribution in [1.82, 2.24) is 9.97 Å². The maximum atomic E-state index is 10.7. The Morgan fingerprint density at radius 2 is 0.887 bits per heavy atom. The van der Waals surface area contributed by atoms with Crippen molar-refractivity contribution in [3.63, 3.8) is 0 Å². The lowest BCUT2D eigenvalue weighted by Gasteiger charge is -2.23. The molecule has 6 heterocycles. The van der Waals surface area contributed by atoms with Gasteiger partial charge in [-0.05, 0) is 61.4 Å². The Hall–Kier alpha value is -6.08. The van der Waals surface area contributed by atoms with Crippen LogP contribution in [0.15, 0.2) is 97.1 Å². The molecule has 2 N–H and O–H groups in total. The molecule has 0 radical (unpaired) electrons. The van der Waals surface area contributed by atoms with E-state index in [0.29, 0.717) is 0 Å². The lowest BCUT2D eigenvalue weighted by Crippen LogP contribution is -2.45. The highest BCUT2D eigenvalue weighted by atomic mass is 32.2. The molecule has 9 rings (SSSR count). The Labute approximate surface area is 352 Å². The third-order valence-electron chi connectivity index (χ3n) is 10.6. The average molecular weight is 895 g/mol. The average Bonchev–Trinajstić information content (AvgIpc) is 3.71. The van der Waals surface area contributed by atoms with E-state index in [1.54, 1.807) is 0 Å². The van der Waals surface area contributed by atoms with Crippen LogP contribution in [0.2, 0.25) is 0 Å². The minimum atomic E-state index is -6.09. The van der Waals surface area contributed by atoms with Gasteiger partial charge in [0.1, 0.15) is 0 Å². The number of nitrogens with one attached hydrogen (secondary N) is 2. The number of halogens is 6. The van der Waals surface area contributed by atoms with Crippen LogP contribution in [0.4, 0.5) is 26.3 Å². The topological polar surface area (TPSA) is 154 Å². The second-order valence-corrected chi connectivity index (χ2v) is 17.2. The van der Waals surface area contributed by atoms with Crippen LogP contribution in [0.1, 0.15) is 45.0 Å². The summed E-state index contributed by atoms with van der Waals surface area (Å²) < 4.78 is 123. The van der Waals surface area contributed by atoms with Gasteiger partial charge >= 0.3 is 11.0 Å². The van der Waals surface area contributed by atoms with Gasteiger partial charge in [0.05, 0.1) is 11.1 Å². The predicted molar refractivity (Wildman–Crippen MR) is 221 cm³/mol. The fourth-order valence-corrected chi connectivity index (χ4v) is 7.86. The first-order chi connectivity index (χ1) is 29.1. The van der Waals surface area contributed by atoms with Crippen molar-refractivity contribution in [3.8, 4) is 22.5 Å². The van der Waals surface area contributed by atoms with Gasteiger partial charge in [-0.15, -0.1) is 0 Å². The van der Waals surface area contributed by atoms with E-state index in [1.165, 1.54) is 89.4 Å². The zero-order valence-electron chi connectivity index (χ0n) is 32.8. The number of aryl methyl sites for hydroxylation is 4. The maximum absolute atomic E-state index is 10.7. The summed E-state index contributed by atoms with van der Waals surface area (Å²) in [6.45, 7) is 6.27. The number of fused-ring (bicyclic) bond motifs is 9. The van der Waals surface area contributed by atoms with Crippen molar-refractivity contribution >= 4 is 66.3 Å². The summed E-state index contributed by atoms with van der Waals surface area (Å²) in [6, 6.07) is 35.5. The van der Waals surface area contributed by atoms with Crippen molar-refractivity contribution < 1.29 is 61.4 Å². The molecule has 4 aromatic heterocycles. The molecule has 2 aliphatic heterocycles. The SMILES string of the molecule is Cc1[nH]c2ccccc2c1/C=C/c1cccc2[n+]1CCc1ccc3c(c1-2)-c1cccc(/C=C/c2c(C)[nH]c4ccccc24)[n+]1CC3.O=S(=O)([O-])C(F)(F)F.O=S(=O)([O-])C(F)(F)F. The molecular weight excluding hydrogens is 859 g/mol. The van der Waals surface area contributed by atoms with Crippen molar-refractivity contribution in [2.24, 2.45) is 0 Å². The molecule has 0 bridgehead atoms. The number of hydrogen-bond acceptors (Lipinski definition) is 6. The zero-order valence-corrected chi connectivity index (χ0v) is 34.4. The third-order valence-corrected chi connectivity index (χ3v) is 11.8. The molecule has 7 aromatic rings. The number of aromatic amines is 2. The lowest BCUT2D eigenvalue weighted by molar-refractivity contribution is -0.691. The largest absolute Gasteiger partial charge is 0.741 e. The zero-order chi connectivity index (χ0) is 44.8. The van der Waals surface area contributed by atoms with E-state index in [1.807, 2.05) is 0 Å². The van der Waals surface area contributed by atoms with Crippen molar-refractivity contribution in [2.75, 3.05) is 0 Å². The second kappa shape index (κ2) is 16.7. The highest BCUT2D eigenvalue weighted by Gasteiger charge is 2.38. The molecule has 0 saturated carbocycles. The fourth-order valence-electron chi connectivity index (χ4n) is 7.86. The Bertz CT molecular complexity index is 2940. The molecule has 18 heteroatoms. The molecule has 322 valence electrons. The van der Waals surface area contributed by atoms with Crippen molar-refractivity contribution in [3.05, 3.63) is 142 Å². The summed E-state index contributed by atoms with van der Waals surface area (Å²) in [4.78, 5) is 7.09. The molecule has 0 fully saturated rings. The molecule has 2 aliphatic rings. The van der Waals surface area contributed by atoms with E-state index >= 15 is 0 Å². The van der Waals surface area contributed by atoms with Gasteiger partial charge in [-0.25, -0.2) is 16.8 Å². The van der Waals surface area contributed by atoms with Crippen LogP contribution in [0.25, 0.3) is 68.6 Å². The van der Waals surface area contributed by atoms with E-state index in [-0.39, 0.29) is 0 Å². The quantitative estimate of drug-likeness (QED) is 0.0780. The van der Waals surface area contributed by atoms with Crippen LogP contribution in [0, 0.1) is 13.8 Å². The minimum absolute atomic E-state index is 0.973. The third kappa shape index (κ3) is 8.81. The van der Waals surface area contributed by atoms with Gasteiger partial charge in [0.25, 0.3) is 0 Å². The lowest BCUT2D eigenvalue weighted by atomic mass is 9.85. The minimum Gasteiger partial charge on any atom is -0.741 e. The summed E-state index contributed by atoms with van der Waals surface area (Å²) in [5.41, 5.74) is 6.75. The molecule has 0 aliphatic carbocycles. The number of para-hydroxylation sites is 2. The van der Waals surface area contributed by atoms with E-state index in [2.05, 4.69) is 154 Å². The number of aromatic nitrogens is 4. The van der Waals surface area contributed by atoms with Gasteiger partial charge in [-0.1, -0.05) is 48.5 Å². The van der Waals surface area contributed by atoms with Gasteiger partial charge < -0.3 is 19.1 Å². The maximum Gasteiger partial charge on any atom is 0.485 e. The Morgan fingerprint density at radius 3 is 1.24 bits per heavy atom. The summed E-state index contributed by atoms with van der Waals surface area (Å²) in [6.07, 6.45) is 11.2.